The lowest BCUT2D eigenvalue weighted by molar-refractivity contribution is -0.127. The van der Waals surface area contributed by atoms with E-state index >= 15 is 0 Å². The summed E-state index contributed by atoms with van der Waals surface area (Å²) in [7, 11) is 5.22. The number of hydrogen-bond acceptors (Lipinski definition) is 4. The summed E-state index contributed by atoms with van der Waals surface area (Å²) < 4.78 is 1.68. The number of aryl methyl sites for hydroxylation is 1. The predicted octanol–water partition coefficient (Wildman–Crippen LogP) is -0.489. The van der Waals surface area contributed by atoms with Crippen LogP contribution in [-0.4, -0.2) is 83.7 Å². The van der Waals surface area contributed by atoms with E-state index in [1.165, 1.54) is 4.90 Å². The predicted molar refractivity (Wildman–Crippen MR) is 96.4 cm³/mol. The highest BCUT2D eigenvalue weighted by molar-refractivity contribution is 5.98. The second-order valence-corrected chi connectivity index (χ2v) is 6.57. The largest absolute Gasteiger partial charge is 0.354 e. The van der Waals surface area contributed by atoms with Crippen LogP contribution in [0, 0.1) is 0 Å². The molecule has 1 saturated heterocycles. The highest BCUT2D eigenvalue weighted by Crippen LogP contribution is 2.16. The van der Waals surface area contributed by atoms with Crippen LogP contribution in [0.4, 0.5) is 5.69 Å². The molecule has 1 aromatic heterocycles. The zero-order chi connectivity index (χ0) is 18.6. The number of nitrogens with one attached hydrogen (secondary N) is 1. The Kier molecular flexibility index (Phi) is 6.00. The molecule has 0 atom stereocenters. The molecule has 2 amide bonds. The van der Waals surface area contributed by atoms with E-state index in [0.717, 1.165) is 5.69 Å². The third-order valence-electron chi connectivity index (χ3n) is 3.80. The SMILES string of the molecule is CC(C)NC(=NCC(=O)N(C)C)N1CCN(c2cnn(C)c2)C(=O)C1. The molecule has 25 heavy (non-hydrogen) atoms. The fourth-order valence-corrected chi connectivity index (χ4v) is 2.45. The van der Waals surface area contributed by atoms with Crippen LogP contribution < -0.4 is 10.2 Å². The minimum Gasteiger partial charge on any atom is -0.354 e. The van der Waals surface area contributed by atoms with E-state index in [4.69, 9.17) is 0 Å². The van der Waals surface area contributed by atoms with Crippen LogP contribution in [0.2, 0.25) is 0 Å². The molecule has 1 fully saturated rings. The number of guanidine groups is 1. The number of carbonyl (C=O) groups excluding carboxylic acids is 2. The molecule has 1 aliphatic rings. The number of nitrogens with zero attached hydrogens (tertiary/aromatic N) is 6. The van der Waals surface area contributed by atoms with Gasteiger partial charge < -0.3 is 20.0 Å². The molecule has 0 saturated carbocycles. The molecule has 2 rings (SSSR count). The van der Waals surface area contributed by atoms with Crippen molar-refractivity contribution in [3.05, 3.63) is 12.4 Å². The van der Waals surface area contributed by atoms with Gasteiger partial charge in [0.1, 0.15) is 13.1 Å². The van der Waals surface area contributed by atoms with Crippen LogP contribution in [0.1, 0.15) is 13.8 Å². The van der Waals surface area contributed by atoms with E-state index in [0.29, 0.717) is 19.0 Å². The molecule has 9 heteroatoms. The van der Waals surface area contributed by atoms with Gasteiger partial charge in [0, 0.05) is 46.5 Å². The molecule has 0 bridgehead atoms. The summed E-state index contributed by atoms with van der Waals surface area (Å²) in [6.07, 6.45) is 3.51. The van der Waals surface area contributed by atoms with Crippen LogP contribution in [-0.2, 0) is 16.6 Å². The standard InChI is InChI=1S/C16H27N7O2/c1-12(2)19-16(17-9-14(24)20(3)4)22-6-7-23(15(25)11-22)13-8-18-21(5)10-13/h8,10,12H,6-7,9,11H2,1-5H3,(H,17,19). The first-order valence-corrected chi connectivity index (χ1v) is 8.33. The molecular weight excluding hydrogens is 322 g/mol. The van der Waals surface area contributed by atoms with Crippen molar-refractivity contribution in [3.63, 3.8) is 0 Å². The second-order valence-electron chi connectivity index (χ2n) is 6.57. The molecule has 138 valence electrons. The van der Waals surface area contributed by atoms with Gasteiger partial charge in [-0.05, 0) is 13.8 Å². The lowest BCUT2D eigenvalue weighted by Gasteiger charge is -2.36. The topological polar surface area (TPSA) is 86.1 Å². The van der Waals surface area contributed by atoms with Gasteiger partial charge in [0.05, 0.1) is 11.9 Å². The van der Waals surface area contributed by atoms with Crippen molar-refractivity contribution in [2.45, 2.75) is 19.9 Å². The maximum Gasteiger partial charge on any atom is 0.246 e. The third kappa shape index (κ3) is 4.94. The molecular formula is C16H27N7O2. The second kappa shape index (κ2) is 8.00. The number of aliphatic imine (C=N–C) groups is 1. The lowest BCUT2D eigenvalue weighted by Crippen LogP contribution is -2.56. The molecule has 0 aliphatic carbocycles. The van der Waals surface area contributed by atoms with Gasteiger partial charge in [0.2, 0.25) is 11.8 Å². The molecule has 0 aromatic carbocycles. The summed E-state index contributed by atoms with van der Waals surface area (Å²) in [5.74, 6) is 0.490. The number of anilines is 1. The van der Waals surface area contributed by atoms with Crippen molar-refractivity contribution in [3.8, 4) is 0 Å². The minimum absolute atomic E-state index is 0.0172. The summed E-state index contributed by atoms with van der Waals surface area (Å²) in [4.78, 5) is 33.9. The highest BCUT2D eigenvalue weighted by atomic mass is 16.2. The molecule has 2 heterocycles. The first-order chi connectivity index (χ1) is 11.8. The molecule has 0 radical (unpaired) electrons. The number of hydrogen-bond donors (Lipinski definition) is 1. The van der Waals surface area contributed by atoms with E-state index < -0.39 is 0 Å². The quantitative estimate of drug-likeness (QED) is 0.586. The smallest absolute Gasteiger partial charge is 0.246 e. The molecule has 1 aliphatic heterocycles. The van der Waals surface area contributed by atoms with E-state index in [2.05, 4.69) is 15.4 Å². The van der Waals surface area contributed by atoms with Crippen LogP contribution in [0.3, 0.4) is 0 Å². The van der Waals surface area contributed by atoms with Crippen LogP contribution in [0.25, 0.3) is 0 Å². The van der Waals surface area contributed by atoms with Crippen molar-refractivity contribution in [1.29, 1.82) is 0 Å². The number of rotatable bonds is 4. The summed E-state index contributed by atoms with van der Waals surface area (Å²) in [6, 6.07) is 0.152. The Morgan fingerprint density at radius 1 is 1.40 bits per heavy atom. The van der Waals surface area contributed by atoms with E-state index in [1.54, 1.807) is 29.9 Å². The highest BCUT2D eigenvalue weighted by Gasteiger charge is 2.28. The van der Waals surface area contributed by atoms with Crippen LogP contribution in [0.15, 0.2) is 17.4 Å². The minimum atomic E-state index is -0.0802. The van der Waals surface area contributed by atoms with Gasteiger partial charge in [-0.25, -0.2) is 4.99 Å². The van der Waals surface area contributed by atoms with Gasteiger partial charge in [0.25, 0.3) is 0 Å². The third-order valence-corrected chi connectivity index (χ3v) is 3.80. The summed E-state index contributed by atoms with van der Waals surface area (Å²) >= 11 is 0. The first kappa shape index (κ1) is 18.8. The fraction of sp³-hybridized carbons (Fsp3) is 0.625. The van der Waals surface area contributed by atoms with Gasteiger partial charge >= 0.3 is 0 Å². The Labute approximate surface area is 148 Å². The zero-order valence-electron chi connectivity index (χ0n) is 15.6. The Balaban J connectivity index is 2.08. The van der Waals surface area contributed by atoms with Crippen LogP contribution in [0.5, 0.6) is 0 Å². The number of carbonyl (C=O) groups is 2. The van der Waals surface area contributed by atoms with E-state index in [-0.39, 0.29) is 30.9 Å². The Morgan fingerprint density at radius 2 is 2.12 bits per heavy atom. The average molecular weight is 349 g/mol. The van der Waals surface area contributed by atoms with Crippen molar-refractivity contribution in [2.24, 2.45) is 12.0 Å². The van der Waals surface area contributed by atoms with Gasteiger partial charge in [-0.15, -0.1) is 0 Å². The molecule has 1 aromatic rings. The Bertz CT molecular complexity index is 651. The van der Waals surface area contributed by atoms with Crippen molar-refractivity contribution in [1.82, 2.24) is 24.9 Å². The van der Waals surface area contributed by atoms with Gasteiger partial charge in [0.15, 0.2) is 5.96 Å². The maximum absolute atomic E-state index is 12.5. The summed E-state index contributed by atoms with van der Waals surface area (Å²) in [6.45, 7) is 5.44. The lowest BCUT2D eigenvalue weighted by atomic mass is 10.3. The van der Waals surface area contributed by atoms with E-state index in [1.807, 2.05) is 32.0 Å². The van der Waals surface area contributed by atoms with Gasteiger partial charge in [-0.2, -0.15) is 5.10 Å². The van der Waals surface area contributed by atoms with Crippen LogP contribution >= 0.6 is 0 Å². The van der Waals surface area contributed by atoms with E-state index in [9.17, 15) is 9.59 Å². The summed E-state index contributed by atoms with van der Waals surface area (Å²) in [5.41, 5.74) is 0.797. The maximum atomic E-state index is 12.5. The Morgan fingerprint density at radius 3 is 2.64 bits per heavy atom. The van der Waals surface area contributed by atoms with Crippen molar-refractivity contribution in [2.75, 3.05) is 45.2 Å². The van der Waals surface area contributed by atoms with Crippen molar-refractivity contribution >= 4 is 23.5 Å². The van der Waals surface area contributed by atoms with Gasteiger partial charge in [-0.3, -0.25) is 14.3 Å². The zero-order valence-corrected chi connectivity index (χ0v) is 15.6. The number of piperazine rings is 1. The van der Waals surface area contributed by atoms with Gasteiger partial charge in [-0.1, -0.05) is 0 Å². The first-order valence-electron chi connectivity index (χ1n) is 8.33. The molecule has 0 spiro atoms. The normalized spacial score (nSPS) is 15.8. The number of amides is 2. The number of aromatic nitrogens is 2. The summed E-state index contributed by atoms with van der Waals surface area (Å²) in [5, 5.41) is 7.36. The number of likely N-dealkylation sites (N-methyl/N-ethyl adjacent to an activating group) is 1. The molecule has 9 nitrogen and oxygen atoms in total. The molecule has 0 unspecified atom stereocenters. The average Bonchev–Trinajstić information content (AvgIpc) is 2.96. The fourth-order valence-electron chi connectivity index (χ4n) is 2.45. The van der Waals surface area contributed by atoms with Crippen molar-refractivity contribution < 1.29 is 9.59 Å². The monoisotopic (exact) mass is 349 g/mol. The molecule has 1 N–H and O–H groups in total. The Hall–Kier alpha value is -2.58.